The molecule has 1 heterocycles. The van der Waals surface area contributed by atoms with E-state index >= 15 is 0 Å². The van der Waals surface area contributed by atoms with Crippen molar-refractivity contribution in [2.24, 2.45) is 0 Å². The summed E-state index contributed by atoms with van der Waals surface area (Å²) in [4.78, 5) is 13.2. The summed E-state index contributed by atoms with van der Waals surface area (Å²) in [6, 6.07) is 0. The zero-order valence-electron chi connectivity index (χ0n) is 13.7. The molecule has 1 saturated heterocycles. The maximum atomic E-state index is 11.4. The zero-order valence-corrected chi connectivity index (χ0v) is 14.7. The molecular weight excluding hydrogens is 266 g/mol. The van der Waals surface area contributed by atoms with Crippen molar-refractivity contribution in [1.82, 2.24) is 4.90 Å². The number of carbonyl (C=O) groups is 1. The molecule has 1 fully saturated rings. The van der Waals surface area contributed by atoms with Gasteiger partial charge in [0.15, 0.2) is 8.32 Å². The van der Waals surface area contributed by atoms with Crippen molar-refractivity contribution < 1.29 is 9.22 Å². The number of carbonyl (C=O) groups excluding carboxylic acids is 1. The van der Waals surface area contributed by atoms with Crippen LogP contribution in [0.15, 0.2) is 24.8 Å². The molecule has 1 rings (SSSR count). The number of nitrogens with zero attached hydrogens (tertiary/aromatic N) is 1. The van der Waals surface area contributed by atoms with Crippen LogP contribution in [-0.2, 0) is 9.22 Å². The molecule has 0 saturated carbocycles. The highest BCUT2D eigenvalue weighted by Crippen LogP contribution is 2.41. The van der Waals surface area contributed by atoms with Crippen molar-refractivity contribution in [2.75, 3.05) is 13.2 Å². The van der Waals surface area contributed by atoms with Crippen molar-refractivity contribution >= 4 is 14.7 Å². The molecule has 1 unspecified atom stereocenters. The number of likely N-dealkylation sites (tertiary alicyclic amines) is 1. The number of hydrogen-bond acceptors (Lipinski definition) is 2. The van der Waals surface area contributed by atoms with Gasteiger partial charge < -0.3 is 9.33 Å². The van der Waals surface area contributed by atoms with Gasteiger partial charge >= 0.3 is 0 Å². The standard InChI is InChI=1S/C16H29NO2Si/c1-8-10-16(14(2)9-11-17(16)13-18)12-19-20(6,7)15(3,4)5/h8,13H,1-2,9-12H2,3-7H3. The van der Waals surface area contributed by atoms with Crippen molar-refractivity contribution in [3.63, 3.8) is 0 Å². The molecule has 1 atom stereocenters. The van der Waals surface area contributed by atoms with Gasteiger partial charge in [0.05, 0.1) is 12.1 Å². The maximum absolute atomic E-state index is 11.4. The average Bonchev–Trinajstić information content (AvgIpc) is 2.64. The van der Waals surface area contributed by atoms with Crippen molar-refractivity contribution in [2.45, 2.75) is 57.3 Å². The maximum Gasteiger partial charge on any atom is 0.210 e. The summed E-state index contributed by atoms with van der Waals surface area (Å²) in [5.41, 5.74) is 0.696. The third-order valence-corrected chi connectivity index (χ3v) is 9.43. The molecule has 3 nitrogen and oxygen atoms in total. The molecule has 1 aliphatic rings. The lowest BCUT2D eigenvalue weighted by molar-refractivity contribution is -0.122. The van der Waals surface area contributed by atoms with E-state index < -0.39 is 8.32 Å². The molecule has 1 amide bonds. The van der Waals surface area contributed by atoms with Crippen LogP contribution in [0.1, 0.15) is 33.6 Å². The molecule has 0 N–H and O–H groups in total. The van der Waals surface area contributed by atoms with E-state index in [-0.39, 0.29) is 10.6 Å². The van der Waals surface area contributed by atoms with E-state index in [1.165, 1.54) is 0 Å². The van der Waals surface area contributed by atoms with Gasteiger partial charge in [-0.15, -0.1) is 6.58 Å². The first-order chi connectivity index (χ1) is 9.10. The minimum atomic E-state index is -1.84. The lowest BCUT2D eigenvalue weighted by Gasteiger charge is -2.42. The molecule has 4 heteroatoms. The Morgan fingerprint density at radius 3 is 2.50 bits per heavy atom. The summed E-state index contributed by atoms with van der Waals surface area (Å²) >= 11 is 0. The van der Waals surface area contributed by atoms with Gasteiger partial charge in [0, 0.05) is 6.54 Å². The van der Waals surface area contributed by atoms with Gasteiger partial charge in [0.1, 0.15) is 0 Å². The molecular formula is C16H29NO2Si. The number of amides is 1. The summed E-state index contributed by atoms with van der Waals surface area (Å²) < 4.78 is 6.37. The van der Waals surface area contributed by atoms with Crippen LogP contribution in [0.5, 0.6) is 0 Å². The second-order valence-electron chi connectivity index (χ2n) is 7.23. The van der Waals surface area contributed by atoms with Crippen molar-refractivity contribution in [3.8, 4) is 0 Å². The van der Waals surface area contributed by atoms with E-state index in [1.807, 2.05) is 11.0 Å². The zero-order chi connectivity index (χ0) is 15.6. The van der Waals surface area contributed by atoms with Crippen LogP contribution < -0.4 is 0 Å². The summed E-state index contributed by atoms with van der Waals surface area (Å²) in [7, 11) is -1.84. The Bertz CT molecular complexity index is 398. The van der Waals surface area contributed by atoms with Crippen LogP contribution in [0.2, 0.25) is 18.1 Å². The largest absolute Gasteiger partial charge is 0.414 e. The normalized spacial score (nSPS) is 24.1. The molecule has 0 aromatic heterocycles. The lowest BCUT2D eigenvalue weighted by atomic mass is 9.89. The van der Waals surface area contributed by atoms with E-state index in [2.05, 4.69) is 47.0 Å². The van der Waals surface area contributed by atoms with Gasteiger partial charge in [-0.05, 0) is 36.5 Å². The monoisotopic (exact) mass is 295 g/mol. The fourth-order valence-corrected chi connectivity index (χ4v) is 3.35. The van der Waals surface area contributed by atoms with Gasteiger partial charge in [-0.3, -0.25) is 4.79 Å². The summed E-state index contributed by atoms with van der Waals surface area (Å²) in [6.45, 7) is 20.4. The quantitative estimate of drug-likeness (QED) is 0.424. The lowest BCUT2D eigenvalue weighted by Crippen LogP contribution is -2.52. The molecule has 20 heavy (non-hydrogen) atoms. The van der Waals surface area contributed by atoms with E-state index in [0.29, 0.717) is 13.0 Å². The highest BCUT2D eigenvalue weighted by atomic mass is 28.4. The second kappa shape index (κ2) is 5.86. The van der Waals surface area contributed by atoms with Gasteiger partial charge in [-0.25, -0.2) is 0 Å². The van der Waals surface area contributed by atoms with E-state index in [9.17, 15) is 4.79 Å². The third kappa shape index (κ3) is 3.06. The molecule has 0 aromatic rings. The van der Waals surface area contributed by atoms with Gasteiger partial charge in [0.25, 0.3) is 0 Å². The Labute approximate surface area is 124 Å². The summed E-state index contributed by atoms with van der Waals surface area (Å²) in [5.74, 6) is 0. The van der Waals surface area contributed by atoms with Crippen molar-refractivity contribution in [1.29, 1.82) is 0 Å². The third-order valence-electron chi connectivity index (χ3n) is 4.95. The van der Waals surface area contributed by atoms with Gasteiger partial charge in [-0.2, -0.15) is 0 Å². The molecule has 0 aliphatic carbocycles. The molecule has 1 aliphatic heterocycles. The Kier molecular flexibility index (Phi) is 5.03. The second-order valence-corrected chi connectivity index (χ2v) is 12.0. The van der Waals surface area contributed by atoms with Crippen LogP contribution >= 0.6 is 0 Å². The van der Waals surface area contributed by atoms with Gasteiger partial charge in [-0.1, -0.05) is 33.4 Å². The van der Waals surface area contributed by atoms with Crippen LogP contribution in [0.3, 0.4) is 0 Å². The minimum Gasteiger partial charge on any atom is -0.414 e. The van der Waals surface area contributed by atoms with Crippen LogP contribution in [0, 0.1) is 0 Å². The smallest absolute Gasteiger partial charge is 0.210 e. The fourth-order valence-electron chi connectivity index (χ4n) is 2.32. The average molecular weight is 295 g/mol. The number of hydrogen-bond donors (Lipinski definition) is 0. The van der Waals surface area contributed by atoms with E-state index in [4.69, 9.17) is 4.43 Å². The SMILES string of the molecule is C=CCC1(CO[Si](C)(C)C(C)(C)C)C(=C)CCN1C=O. The first-order valence-corrected chi connectivity index (χ1v) is 10.2. The topological polar surface area (TPSA) is 29.5 Å². The highest BCUT2D eigenvalue weighted by molar-refractivity contribution is 6.74. The van der Waals surface area contributed by atoms with Crippen LogP contribution in [-0.4, -0.2) is 38.3 Å². The predicted octanol–water partition coefficient (Wildman–Crippen LogP) is 3.74. The first-order valence-electron chi connectivity index (χ1n) is 7.26. The summed E-state index contributed by atoms with van der Waals surface area (Å²) in [6.07, 6.45) is 4.35. The van der Waals surface area contributed by atoms with Crippen LogP contribution in [0.25, 0.3) is 0 Å². The molecule has 0 bridgehead atoms. The molecule has 0 radical (unpaired) electrons. The highest BCUT2D eigenvalue weighted by Gasteiger charge is 2.46. The fraction of sp³-hybridized carbons (Fsp3) is 0.688. The summed E-state index contributed by atoms with van der Waals surface area (Å²) in [5, 5.41) is 0.161. The van der Waals surface area contributed by atoms with Crippen molar-refractivity contribution in [3.05, 3.63) is 24.8 Å². The van der Waals surface area contributed by atoms with E-state index in [0.717, 1.165) is 24.9 Å². The Morgan fingerprint density at radius 2 is 2.05 bits per heavy atom. The Balaban J connectivity index is 2.96. The first kappa shape index (κ1) is 17.2. The van der Waals surface area contributed by atoms with Crippen LogP contribution in [0.4, 0.5) is 0 Å². The predicted molar refractivity (Wildman–Crippen MR) is 87.2 cm³/mol. The Morgan fingerprint density at radius 1 is 1.45 bits per heavy atom. The van der Waals surface area contributed by atoms with E-state index in [1.54, 1.807) is 0 Å². The van der Waals surface area contributed by atoms with Gasteiger partial charge in [0.2, 0.25) is 6.41 Å². The Hall–Kier alpha value is -0.873. The molecule has 0 aromatic carbocycles. The molecule has 0 spiro atoms. The minimum absolute atomic E-state index is 0.161. The number of rotatable bonds is 6. The molecule has 114 valence electrons.